The lowest BCUT2D eigenvalue weighted by atomic mass is 9.83. The van der Waals surface area contributed by atoms with Gasteiger partial charge in [-0.1, -0.05) is 26.8 Å². The van der Waals surface area contributed by atoms with E-state index in [0.29, 0.717) is 4.47 Å². The summed E-state index contributed by atoms with van der Waals surface area (Å²) >= 11 is 3.11. The lowest BCUT2D eigenvalue weighted by Gasteiger charge is -2.27. The third-order valence-corrected chi connectivity index (χ3v) is 2.88. The zero-order valence-electron chi connectivity index (χ0n) is 9.05. The predicted octanol–water partition coefficient (Wildman–Crippen LogP) is 4.06. The van der Waals surface area contributed by atoms with Crippen LogP contribution in [0.2, 0.25) is 0 Å². The first-order valence-electron chi connectivity index (χ1n) is 4.53. The second-order valence-corrected chi connectivity index (χ2v) is 5.37. The van der Waals surface area contributed by atoms with Crippen LogP contribution in [0.3, 0.4) is 0 Å². The molecule has 15 heavy (non-hydrogen) atoms. The summed E-state index contributed by atoms with van der Waals surface area (Å²) in [7, 11) is 0. The van der Waals surface area contributed by atoms with Crippen LogP contribution in [-0.2, 0) is 0 Å². The Bertz CT molecular complexity index is 336. The van der Waals surface area contributed by atoms with Crippen molar-refractivity contribution in [3.05, 3.63) is 34.1 Å². The van der Waals surface area contributed by atoms with Crippen molar-refractivity contribution < 1.29 is 4.39 Å². The zero-order chi connectivity index (χ0) is 10.9. The van der Waals surface area contributed by atoms with Crippen LogP contribution in [0.1, 0.15) is 32.4 Å². The Labute approximate surface area is 105 Å². The Morgan fingerprint density at radius 1 is 1.33 bits per heavy atom. The normalized spacial score (nSPS) is 13.2. The lowest BCUT2D eigenvalue weighted by molar-refractivity contribution is 0.326. The van der Waals surface area contributed by atoms with E-state index in [1.54, 1.807) is 6.07 Å². The molecule has 1 aromatic rings. The van der Waals surface area contributed by atoms with Gasteiger partial charge in [0, 0.05) is 6.04 Å². The molecule has 1 atom stereocenters. The van der Waals surface area contributed by atoms with E-state index in [9.17, 15) is 4.39 Å². The monoisotopic (exact) mass is 295 g/mol. The van der Waals surface area contributed by atoms with E-state index < -0.39 is 0 Å². The summed E-state index contributed by atoms with van der Waals surface area (Å²) in [6.45, 7) is 6.12. The molecule has 2 N–H and O–H groups in total. The molecule has 0 bridgehead atoms. The summed E-state index contributed by atoms with van der Waals surface area (Å²) in [5, 5.41) is 0. The molecule has 0 radical (unpaired) electrons. The van der Waals surface area contributed by atoms with E-state index in [1.807, 2.05) is 26.8 Å². The Kier molecular flexibility index (Phi) is 5.24. The Morgan fingerprint density at radius 2 is 1.87 bits per heavy atom. The standard InChI is InChI=1S/C11H15BrFN.ClH/c1-11(2,3)10(14)7-4-5-8(12)9(13)6-7;/h4-6,10H,14H2,1-3H3;1H/t10-;/m0./s1. The minimum atomic E-state index is -0.262. The summed E-state index contributed by atoms with van der Waals surface area (Å²) in [6.07, 6.45) is 0. The van der Waals surface area contributed by atoms with Crippen LogP contribution in [0.25, 0.3) is 0 Å². The first kappa shape index (κ1) is 14.9. The molecule has 1 nitrogen and oxygen atoms in total. The summed E-state index contributed by atoms with van der Waals surface area (Å²) in [5.74, 6) is -0.262. The van der Waals surface area contributed by atoms with Crippen molar-refractivity contribution in [1.29, 1.82) is 0 Å². The van der Waals surface area contributed by atoms with Crippen molar-refractivity contribution in [3.8, 4) is 0 Å². The van der Waals surface area contributed by atoms with Crippen LogP contribution in [0.4, 0.5) is 4.39 Å². The number of hydrogen-bond donors (Lipinski definition) is 1. The summed E-state index contributed by atoms with van der Waals surface area (Å²) in [5.41, 5.74) is 6.79. The molecule has 0 amide bonds. The van der Waals surface area contributed by atoms with E-state index in [1.165, 1.54) is 6.07 Å². The number of rotatable bonds is 1. The van der Waals surface area contributed by atoms with Gasteiger partial charge in [-0.25, -0.2) is 4.39 Å². The molecular weight excluding hydrogens is 280 g/mol. The maximum atomic E-state index is 13.2. The average Bonchev–Trinajstić information content (AvgIpc) is 2.07. The number of halogens is 3. The molecule has 0 aliphatic rings. The summed E-state index contributed by atoms with van der Waals surface area (Å²) in [6, 6.07) is 4.88. The van der Waals surface area contributed by atoms with Crippen molar-refractivity contribution >= 4 is 28.3 Å². The molecule has 0 unspecified atom stereocenters. The van der Waals surface area contributed by atoms with Gasteiger partial charge in [-0.05, 0) is 39.0 Å². The molecule has 4 heteroatoms. The van der Waals surface area contributed by atoms with Crippen molar-refractivity contribution in [3.63, 3.8) is 0 Å². The van der Waals surface area contributed by atoms with Gasteiger partial charge in [0.2, 0.25) is 0 Å². The maximum absolute atomic E-state index is 13.2. The topological polar surface area (TPSA) is 26.0 Å². The second-order valence-electron chi connectivity index (χ2n) is 4.52. The van der Waals surface area contributed by atoms with Crippen LogP contribution in [0.15, 0.2) is 22.7 Å². The molecule has 0 aromatic heterocycles. The molecular formula is C11H16BrClFN. The fraction of sp³-hybridized carbons (Fsp3) is 0.455. The highest BCUT2D eigenvalue weighted by Crippen LogP contribution is 2.31. The second kappa shape index (κ2) is 5.28. The zero-order valence-corrected chi connectivity index (χ0v) is 11.5. The van der Waals surface area contributed by atoms with Crippen LogP contribution in [0.5, 0.6) is 0 Å². The number of benzene rings is 1. The first-order chi connectivity index (χ1) is 6.32. The Morgan fingerprint density at radius 3 is 2.27 bits per heavy atom. The molecule has 1 aromatic carbocycles. The van der Waals surface area contributed by atoms with Crippen molar-refractivity contribution in [2.75, 3.05) is 0 Å². The van der Waals surface area contributed by atoms with Gasteiger partial charge >= 0.3 is 0 Å². The van der Waals surface area contributed by atoms with Gasteiger partial charge in [0.05, 0.1) is 4.47 Å². The highest BCUT2D eigenvalue weighted by molar-refractivity contribution is 9.10. The van der Waals surface area contributed by atoms with Crippen molar-refractivity contribution in [2.24, 2.45) is 11.1 Å². The maximum Gasteiger partial charge on any atom is 0.137 e. The molecule has 0 fully saturated rings. The largest absolute Gasteiger partial charge is 0.324 e. The SMILES string of the molecule is CC(C)(C)[C@@H](N)c1ccc(Br)c(F)c1.Cl. The van der Waals surface area contributed by atoms with Crippen LogP contribution >= 0.6 is 28.3 Å². The van der Waals surface area contributed by atoms with Gasteiger partial charge in [-0.2, -0.15) is 0 Å². The van der Waals surface area contributed by atoms with Crippen molar-refractivity contribution in [2.45, 2.75) is 26.8 Å². The Balaban J connectivity index is 0.00000196. The smallest absolute Gasteiger partial charge is 0.137 e. The first-order valence-corrected chi connectivity index (χ1v) is 5.32. The summed E-state index contributed by atoms with van der Waals surface area (Å²) in [4.78, 5) is 0. The molecule has 86 valence electrons. The highest BCUT2D eigenvalue weighted by atomic mass is 79.9. The van der Waals surface area contributed by atoms with Gasteiger partial charge in [0.1, 0.15) is 5.82 Å². The van der Waals surface area contributed by atoms with Crippen LogP contribution in [0, 0.1) is 11.2 Å². The molecule has 0 aliphatic heterocycles. The fourth-order valence-electron chi connectivity index (χ4n) is 1.21. The molecule has 0 saturated heterocycles. The third kappa shape index (κ3) is 3.74. The summed E-state index contributed by atoms with van der Waals surface area (Å²) < 4.78 is 13.7. The van der Waals surface area contributed by atoms with E-state index >= 15 is 0 Å². The molecule has 0 aliphatic carbocycles. The van der Waals surface area contributed by atoms with Gasteiger partial charge in [0.25, 0.3) is 0 Å². The number of hydrogen-bond acceptors (Lipinski definition) is 1. The fourth-order valence-corrected chi connectivity index (χ4v) is 1.45. The van der Waals surface area contributed by atoms with Gasteiger partial charge in [-0.15, -0.1) is 12.4 Å². The molecule has 0 spiro atoms. The number of nitrogens with two attached hydrogens (primary N) is 1. The average molecular weight is 297 g/mol. The molecule has 1 rings (SSSR count). The van der Waals surface area contributed by atoms with Crippen LogP contribution < -0.4 is 5.73 Å². The van der Waals surface area contributed by atoms with E-state index in [4.69, 9.17) is 5.73 Å². The minimum Gasteiger partial charge on any atom is -0.324 e. The molecule has 0 heterocycles. The van der Waals surface area contributed by atoms with E-state index in [-0.39, 0.29) is 29.7 Å². The van der Waals surface area contributed by atoms with Gasteiger partial charge < -0.3 is 5.73 Å². The van der Waals surface area contributed by atoms with Gasteiger partial charge in [0.15, 0.2) is 0 Å². The quantitative estimate of drug-likeness (QED) is 0.831. The Hall–Kier alpha value is -0.120. The van der Waals surface area contributed by atoms with Gasteiger partial charge in [-0.3, -0.25) is 0 Å². The van der Waals surface area contributed by atoms with Crippen molar-refractivity contribution in [1.82, 2.24) is 0 Å². The van der Waals surface area contributed by atoms with E-state index in [2.05, 4.69) is 15.9 Å². The molecule has 0 saturated carbocycles. The third-order valence-electron chi connectivity index (χ3n) is 2.24. The van der Waals surface area contributed by atoms with E-state index in [0.717, 1.165) is 5.56 Å². The highest BCUT2D eigenvalue weighted by Gasteiger charge is 2.22. The lowest BCUT2D eigenvalue weighted by Crippen LogP contribution is -2.26. The minimum absolute atomic E-state index is 0. The van der Waals surface area contributed by atoms with Crippen LogP contribution in [-0.4, -0.2) is 0 Å². The predicted molar refractivity (Wildman–Crippen MR) is 67.7 cm³/mol.